The van der Waals surface area contributed by atoms with Gasteiger partial charge >= 0.3 is 0 Å². The van der Waals surface area contributed by atoms with Gasteiger partial charge in [-0.3, -0.25) is 0 Å². The first-order valence-corrected chi connectivity index (χ1v) is 7.75. The lowest BCUT2D eigenvalue weighted by molar-refractivity contribution is 0.361. The summed E-state index contributed by atoms with van der Waals surface area (Å²) >= 11 is 3.53. The Morgan fingerprint density at radius 2 is 2.00 bits per heavy atom. The van der Waals surface area contributed by atoms with Crippen LogP contribution in [0.3, 0.4) is 0 Å². The van der Waals surface area contributed by atoms with Gasteiger partial charge in [0, 0.05) is 24.6 Å². The Morgan fingerprint density at radius 3 is 2.72 bits per heavy atom. The molecule has 18 heavy (non-hydrogen) atoms. The minimum Gasteiger partial charge on any atom is -0.354 e. The highest BCUT2D eigenvalue weighted by atomic mass is 79.9. The summed E-state index contributed by atoms with van der Waals surface area (Å²) in [6.45, 7) is 5.78. The number of rotatable bonds is 2. The Morgan fingerprint density at radius 1 is 1.22 bits per heavy atom. The van der Waals surface area contributed by atoms with Gasteiger partial charge in [-0.15, -0.1) is 0 Å². The molecule has 1 aromatic rings. The van der Waals surface area contributed by atoms with Crippen molar-refractivity contribution < 1.29 is 0 Å². The topological polar surface area (TPSA) is 29.0 Å². The van der Waals surface area contributed by atoms with E-state index in [1.807, 2.05) is 0 Å². The second-order valence-electron chi connectivity index (χ2n) is 5.73. The lowest BCUT2D eigenvalue weighted by Gasteiger charge is -2.38. The SMILES string of the molecule is CC1CCCN(c2cc(Br)nc(C3CC3)n2)C1C. The van der Waals surface area contributed by atoms with E-state index in [9.17, 15) is 0 Å². The first kappa shape index (κ1) is 12.4. The molecule has 2 aliphatic rings. The third-order valence-corrected chi connectivity index (χ3v) is 4.72. The van der Waals surface area contributed by atoms with Crippen LogP contribution in [0.15, 0.2) is 10.7 Å². The van der Waals surface area contributed by atoms with Crippen LogP contribution < -0.4 is 4.90 Å². The molecule has 1 saturated heterocycles. The van der Waals surface area contributed by atoms with Crippen LogP contribution in [0.4, 0.5) is 5.82 Å². The number of hydrogen-bond donors (Lipinski definition) is 0. The van der Waals surface area contributed by atoms with Crippen LogP contribution in [0, 0.1) is 5.92 Å². The van der Waals surface area contributed by atoms with Crippen molar-refractivity contribution in [2.24, 2.45) is 5.92 Å². The van der Waals surface area contributed by atoms with Crippen LogP contribution in [0.5, 0.6) is 0 Å². The summed E-state index contributed by atoms with van der Waals surface area (Å²) in [7, 11) is 0. The predicted octanol–water partition coefficient (Wildman–Crippen LogP) is 3.74. The molecule has 1 saturated carbocycles. The highest BCUT2D eigenvalue weighted by Crippen LogP contribution is 2.39. The van der Waals surface area contributed by atoms with Crippen LogP contribution in [0.25, 0.3) is 0 Å². The van der Waals surface area contributed by atoms with E-state index < -0.39 is 0 Å². The summed E-state index contributed by atoms with van der Waals surface area (Å²) in [4.78, 5) is 11.8. The zero-order valence-corrected chi connectivity index (χ0v) is 12.7. The molecule has 0 N–H and O–H groups in total. The second kappa shape index (κ2) is 4.80. The highest BCUT2D eigenvalue weighted by molar-refractivity contribution is 9.10. The predicted molar refractivity (Wildman–Crippen MR) is 76.9 cm³/mol. The van der Waals surface area contributed by atoms with E-state index in [1.165, 1.54) is 25.7 Å². The number of aromatic nitrogens is 2. The molecule has 2 heterocycles. The van der Waals surface area contributed by atoms with Crippen LogP contribution in [-0.2, 0) is 0 Å². The fraction of sp³-hybridized carbons (Fsp3) is 0.714. The van der Waals surface area contributed by atoms with Gasteiger partial charge in [0.1, 0.15) is 16.2 Å². The molecule has 0 aromatic carbocycles. The Bertz CT molecular complexity index is 445. The van der Waals surface area contributed by atoms with Gasteiger partial charge in [0.15, 0.2) is 0 Å². The van der Waals surface area contributed by atoms with Crippen molar-refractivity contribution in [3.8, 4) is 0 Å². The van der Waals surface area contributed by atoms with Crippen molar-refractivity contribution in [3.05, 3.63) is 16.5 Å². The zero-order chi connectivity index (χ0) is 12.7. The molecule has 3 rings (SSSR count). The minimum atomic E-state index is 0.576. The number of nitrogens with zero attached hydrogens (tertiary/aromatic N) is 3. The van der Waals surface area contributed by atoms with Crippen molar-refractivity contribution in [3.63, 3.8) is 0 Å². The highest BCUT2D eigenvalue weighted by Gasteiger charge is 2.30. The van der Waals surface area contributed by atoms with Gasteiger partial charge in [0.05, 0.1) is 0 Å². The van der Waals surface area contributed by atoms with Crippen molar-refractivity contribution >= 4 is 21.7 Å². The summed E-state index contributed by atoms with van der Waals surface area (Å²) < 4.78 is 0.930. The van der Waals surface area contributed by atoms with E-state index >= 15 is 0 Å². The third kappa shape index (κ3) is 2.40. The average Bonchev–Trinajstić information content (AvgIpc) is 3.16. The smallest absolute Gasteiger partial charge is 0.135 e. The molecule has 98 valence electrons. The van der Waals surface area contributed by atoms with E-state index in [0.29, 0.717) is 12.0 Å². The Hall–Kier alpha value is -0.640. The molecule has 1 aliphatic heterocycles. The van der Waals surface area contributed by atoms with Crippen molar-refractivity contribution in [1.29, 1.82) is 0 Å². The molecule has 0 amide bonds. The lowest BCUT2D eigenvalue weighted by atomic mass is 9.92. The molecular formula is C14H20BrN3. The van der Waals surface area contributed by atoms with E-state index in [1.54, 1.807) is 0 Å². The Balaban J connectivity index is 1.90. The fourth-order valence-corrected chi connectivity index (χ4v) is 3.14. The van der Waals surface area contributed by atoms with Gasteiger partial charge < -0.3 is 4.90 Å². The van der Waals surface area contributed by atoms with Crippen molar-refractivity contribution in [2.75, 3.05) is 11.4 Å². The minimum absolute atomic E-state index is 0.576. The van der Waals surface area contributed by atoms with E-state index in [4.69, 9.17) is 4.98 Å². The molecule has 0 spiro atoms. The average molecular weight is 310 g/mol. The van der Waals surface area contributed by atoms with Crippen molar-refractivity contribution in [2.45, 2.75) is 51.5 Å². The molecule has 0 bridgehead atoms. The molecule has 2 atom stereocenters. The summed E-state index contributed by atoms with van der Waals surface area (Å²) in [6.07, 6.45) is 5.11. The largest absolute Gasteiger partial charge is 0.354 e. The number of hydrogen-bond acceptors (Lipinski definition) is 3. The zero-order valence-electron chi connectivity index (χ0n) is 11.1. The van der Waals surface area contributed by atoms with Crippen LogP contribution >= 0.6 is 15.9 Å². The standard InChI is InChI=1S/C14H20BrN3/c1-9-4-3-7-18(10(9)2)13-8-12(15)16-14(17-13)11-5-6-11/h8-11H,3-7H2,1-2H3. The quantitative estimate of drug-likeness (QED) is 0.779. The summed E-state index contributed by atoms with van der Waals surface area (Å²) in [5.74, 6) is 3.50. The van der Waals surface area contributed by atoms with Gasteiger partial charge in [0.2, 0.25) is 0 Å². The van der Waals surface area contributed by atoms with E-state index in [2.05, 4.69) is 45.7 Å². The maximum absolute atomic E-state index is 4.79. The molecule has 2 unspecified atom stereocenters. The summed E-state index contributed by atoms with van der Waals surface area (Å²) in [6, 6.07) is 2.65. The monoisotopic (exact) mass is 309 g/mol. The number of piperidine rings is 1. The van der Waals surface area contributed by atoms with Crippen LogP contribution in [0.1, 0.15) is 51.3 Å². The molecule has 0 radical (unpaired) electrons. The first-order chi connectivity index (χ1) is 8.65. The second-order valence-corrected chi connectivity index (χ2v) is 6.55. The third-order valence-electron chi connectivity index (χ3n) is 4.31. The molecule has 3 nitrogen and oxygen atoms in total. The molecule has 1 aliphatic carbocycles. The van der Waals surface area contributed by atoms with Crippen LogP contribution in [-0.4, -0.2) is 22.6 Å². The molecule has 1 aromatic heterocycles. The van der Waals surface area contributed by atoms with Crippen LogP contribution in [0.2, 0.25) is 0 Å². The maximum atomic E-state index is 4.79. The molecular weight excluding hydrogens is 290 g/mol. The van der Waals surface area contributed by atoms with Crippen molar-refractivity contribution in [1.82, 2.24) is 9.97 Å². The first-order valence-electron chi connectivity index (χ1n) is 6.96. The maximum Gasteiger partial charge on any atom is 0.135 e. The van der Waals surface area contributed by atoms with E-state index in [-0.39, 0.29) is 0 Å². The fourth-order valence-electron chi connectivity index (χ4n) is 2.75. The Labute approximate surface area is 117 Å². The van der Waals surface area contributed by atoms with Gasteiger partial charge in [0.25, 0.3) is 0 Å². The Kier molecular flexibility index (Phi) is 3.31. The molecule has 4 heteroatoms. The summed E-state index contributed by atoms with van der Waals surface area (Å²) in [5, 5.41) is 0. The number of halogens is 1. The summed E-state index contributed by atoms with van der Waals surface area (Å²) in [5.41, 5.74) is 0. The molecule has 2 fully saturated rings. The van der Waals surface area contributed by atoms with Gasteiger partial charge in [-0.2, -0.15) is 0 Å². The van der Waals surface area contributed by atoms with Gasteiger partial charge in [-0.25, -0.2) is 9.97 Å². The van der Waals surface area contributed by atoms with Gasteiger partial charge in [-0.05, 0) is 54.5 Å². The normalized spacial score (nSPS) is 28.5. The van der Waals surface area contributed by atoms with Gasteiger partial charge in [-0.1, -0.05) is 6.92 Å². The lowest BCUT2D eigenvalue weighted by Crippen LogP contribution is -2.43. The number of anilines is 1. The van der Waals surface area contributed by atoms with E-state index in [0.717, 1.165) is 28.7 Å².